The van der Waals surface area contributed by atoms with Crippen molar-refractivity contribution in [1.82, 2.24) is 14.3 Å². The van der Waals surface area contributed by atoms with Gasteiger partial charge >= 0.3 is 6.09 Å². The van der Waals surface area contributed by atoms with Crippen molar-refractivity contribution in [3.05, 3.63) is 76.3 Å². The monoisotopic (exact) mass is 406 g/mol. The highest BCUT2D eigenvalue weighted by Crippen LogP contribution is 2.16. The zero-order chi connectivity index (χ0) is 20.9. The number of hydrogen-bond donors (Lipinski definition) is 1. The minimum absolute atomic E-state index is 0.0202. The number of amides is 2. The van der Waals surface area contributed by atoms with Crippen molar-refractivity contribution >= 4 is 23.3 Å². The lowest BCUT2D eigenvalue weighted by Gasteiger charge is -2.26. The van der Waals surface area contributed by atoms with Gasteiger partial charge in [-0.2, -0.15) is 0 Å². The fraction of sp³-hybridized carbons (Fsp3) is 0.273. The highest BCUT2D eigenvalue weighted by molar-refractivity contribution is 6.00. The molecule has 1 aliphatic heterocycles. The summed E-state index contributed by atoms with van der Waals surface area (Å²) in [6.07, 6.45) is 5.10. The Morgan fingerprint density at radius 2 is 1.80 bits per heavy atom. The molecule has 1 aliphatic rings. The first-order valence-electron chi connectivity index (χ1n) is 9.91. The van der Waals surface area contributed by atoms with Crippen molar-refractivity contribution in [3.8, 4) is 0 Å². The number of carbonyl (C=O) groups excluding carboxylic acids is 2. The third-order valence-electron chi connectivity index (χ3n) is 5.06. The number of nitrogens with zero attached hydrogens (tertiary/aromatic N) is 3. The molecule has 1 saturated heterocycles. The van der Waals surface area contributed by atoms with Crippen LogP contribution in [-0.2, 0) is 11.3 Å². The maximum Gasteiger partial charge on any atom is 0.412 e. The van der Waals surface area contributed by atoms with E-state index in [0.29, 0.717) is 18.7 Å². The first-order valence-corrected chi connectivity index (χ1v) is 9.91. The number of ether oxygens (including phenoxy) is 1. The average Bonchev–Trinajstić information content (AvgIpc) is 2.80. The molecule has 30 heavy (non-hydrogen) atoms. The van der Waals surface area contributed by atoms with E-state index in [1.54, 1.807) is 17.0 Å². The number of nitrogens with one attached hydrogen (secondary N) is 1. The first kappa shape index (κ1) is 19.6. The Hall–Kier alpha value is -3.68. The number of likely N-dealkylation sites (tertiary alicyclic amines) is 1. The van der Waals surface area contributed by atoms with Gasteiger partial charge in [0.15, 0.2) is 5.65 Å². The molecule has 0 aliphatic carbocycles. The zero-order valence-electron chi connectivity index (χ0n) is 16.4. The number of anilines is 1. The van der Waals surface area contributed by atoms with Crippen LogP contribution in [0.3, 0.4) is 0 Å². The number of hydrogen-bond acceptors (Lipinski definition) is 5. The van der Waals surface area contributed by atoms with Crippen molar-refractivity contribution < 1.29 is 14.3 Å². The van der Waals surface area contributed by atoms with Crippen LogP contribution >= 0.6 is 0 Å². The lowest BCUT2D eigenvalue weighted by Crippen LogP contribution is -2.36. The summed E-state index contributed by atoms with van der Waals surface area (Å²) in [5, 5.41) is 2.43. The Bertz CT molecular complexity index is 1120. The summed E-state index contributed by atoms with van der Waals surface area (Å²) in [6.45, 7) is 1.50. The molecule has 154 valence electrons. The van der Waals surface area contributed by atoms with Gasteiger partial charge in [-0.25, -0.2) is 9.78 Å². The minimum atomic E-state index is -0.752. The van der Waals surface area contributed by atoms with Crippen LogP contribution in [0.5, 0.6) is 0 Å². The maximum absolute atomic E-state index is 12.9. The van der Waals surface area contributed by atoms with E-state index in [0.717, 1.165) is 24.8 Å². The summed E-state index contributed by atoms with van der Waals surface area (Å²) < 4.78 is 6.42. The van der Waals surface area contributed by atoms with Crippen molar-refractivity contribution in [1.29, 1.82) is 0 Å². The molecule has 1 aromatic carbocycles. The number of piperidine rings is 1. The van der Waals surface area contributed by atoms with Gasteiger partial charge in [0.05, 0.1) is 11.8 Å². The summed E-state index contributed by atoms with van der Waals surface area (Å²) in [5.41, 5.74) is 0.968. The molecule has 0 spiro atoms. The number of pyridine rings is 1. The highest BCUT2D eigenvalue weighted by atomic mass is 16.5. The third kappa shape index (κ3) is 4.17. The predicted molar refractivity (Wildman–Crippen MR) is 111 cm³/mol. The molecule has 8 heteroatoms. The van der Waals surface area contributed by atoms with Crippen LogP contribution in [-0.4, -0.2) is 39.4 Å². The summed E-state index contributed by atoms with van der Waals surface area (Å²) in [7, 11) is 0. The van der Waals surface area contributed by atoms with Gasteiger partial charge in [0.25, 0.3) is 11.5 Å². The van der Waals surface area contributed by atoms with Crippen molar-refractivity contribution in [2.24, 2.45) is 0 Å². The normalized spacial score (nSPS) is 13.8. The number of benzene rings is 1. The van der Waals surface area contributed by atoms with Gasteiger partial charge in [-0.15, -0.1) is 0 Å². The number of fused-ring (bicyclic) bond motifs is 1. The van der Waals surface area contributed by atoms with E-state index in [2.05, 4.69) is 10.3 Å². The molecule has 0 bridgehead atoms. The summed E-state index contributed by atoms with van der Waals surface area (Å²) in [4.78, 5) is 43.9. The Kier molecular flexibility index (Phi) is 5.74. The Morgan fingerprint density at radius 3 is 2.57 bits per heavy atom. The number of aromatic nitrogens is 2. The molecule has 3 heterocycles. The Balaban J connectivity index is 1.53. The molecule has 3 aromatic rings. The van der Waals surface area contributed by atoms with E-state index in [-0.39, 0.29) is 23.8 Å². The molecule has 0 atom stereocenters. The highest BCUT2D eigenvalue weighted by Gasteiger charge is 2.21. The molecule has 1 N–H and O–H groups in total. The predicted octanol–water partition coefficient (Wildman–Crippen LogP) is 3.07. The summed E-state index contributed by atoms with van der Waals surface area (Å²) >= 11 is 0. The van der Waals surface area contributed by atoms with E-state index in [1.807, 2.05) is 30.3 Å². The van der Waals surface area contributed by atoms with Gasteiger partial charge < -0.3 is 9.64 Å². The molecular formula is C22H22N4O4. The van der Waals surface area contributed by atoms with E-state index in [1.165, 1.54) is 16.8 Å². The molecule has 1 fully saturated rings. The number of rotatable bonds is 4. The van der Waals surface area contributed by atoms with E-state index in [4.69, 9.17) is 4.74 Å². The van der Waals surface area contributed by atoms with Gasteiger partial charge in [0.2, 0.25) is 0 Å². The molecular weight excluding hydrogens is 384 g/mol. The average molecular weight is 406 g/mol. The van der Waals surface area contributed by atoms with Crippen LogP contribution < -0.4 is 10.9 Å². The lowest BCUT2D eigenvalue weighted by molar-refractivity contribution is 0.0725. The summed E-state index contributed by atoms with van der Waals surface area (Å²) in [6, 6.07) is 12.5. The van der Waals surface area contributed by atoms with Crippen LogP contribution in [0.2, 0.25) is 0 Å². The maximum atomic E-state index is 12.9. The van der Waals surface area contributed by atoms with E-state index < -0.39 is 11.7 Å². The fourth-order valence-electron chi connectivity index (χ4n) is 3.50. The standard InChI is InChI=1S/C22H22N4O4/c27-20(25-11-5-2-6-12-25)17-10-7-13-26-19(17)23-14-18(21(26)28)24-22(29)30-15-16-8-3-1-4-9-16/h1,3-4,7-10,13-14H,2,5-6,11-12,15H2,(H,24,29). The SMILES string of the molecule is O=C(Nc1cnc2c(C(=O)N3CCCCC3)cccn2c1=O)OCc1ccccc1. The molecule has 0 unspecified atom stereocenters. The third-order valence-corrected chi connectivity index (χ3v) is 5.06. The van der Waals surface area contributed by atoms with Crippen LogP contribution in [0.1, 0.15) is 35.2 Å². The van der Waals surface area contributed by atoms with Crippen molar-refractivity contribution in [3.63, 3.8) is 0 Å². The van der Waals surface area contributed by atoms with Gasteiger partial charge in [0, 0.05) is 19.3 Å². The zero-order valence-corrected chi connectivity index (χ0v) is 16.4. The van der Waals surface area contributed by atoms with E-state index >= 15 is 0 Å². The molecule has 4 rings (SSSR count). The van der Waals surface area contributed by atoms with Crippen LogP contribution in [0.15, 0.2) is 59.7 Å². The van der Waals surface area contributed by atoms with E-state index in [9.17, 15) is 14.4 Å². The lowest BCUT2D eigenvalue weighted by atomic mass is 10.1. The Labute approximate surface area is 173 Å². The largest absolute Gasteiger partial charge is 0.444 e. The van der Waals surface area contributed by atoms with Gasteiger partial charge in [-0.1, -0.05) is 30.3 Å². The number of carbonyl (C=O) groups is 2. The van der Waals surface area contributed by atoms with Crippen LogP contribution in [0.4, 0.5) is 10.5 Å². The molecule has 8 nitrogen and oxygen atoms in total. The molecule has 0 saturated carbocycles. The quantitative estimate of drug-likeness (QED) is 0.719. The van der Waals surface area contributed by atoms with Crippen molar-refractivity contribution in [2.45, 2.75) is 25.9 Å². The first-order chi connectivity index (χ1) is 14.6. The Morgan fingerprint density at radius 1 is 1.03 bits per heavy atom. The molecule has 0 radical (unpaired) electrons. The van der Waals surface area contributed by atoms with Gasteiger partial charge in [-0.05, 0) is 37.0 Å². The molecule has 2 amide bonds. The smallest absolute Gasteiger partial charge is 0.412 e. The van der Waals surface area contributed by atoms with Crippen LogP contribution in [0.25, 0.3) is 5.65 Å². The second-order valence-electron chi connectivity index (χ2n) is 7.13. The second-order valence-corrected chi connectivity index (χ2v) is 7.13. The van der Waals surface area contributed by atoms with Gasteiger partial charge in [0.1, 0.15) is 12.3 Å². The van der Waals surface area contributed by atoms with Gasteiger partial charge in [-0.3, -0.25) is 19.3 Å². The molecule has 2 aromatic heterocycles. The minimum Gasteiger partial charge on any atom is -0.444 e. The fourth-order valence-corrected chi connectivity index (χ4v) is 3.50. The topological polar surface area (TPSA) is 93.0 Å². The van der Waals surface area contributed by atoms with Crippen LogP contribution in [0, 0.1) is 0 Å². The second kappa shape index (κ2) is 8.77. The van der Waals surface area contributed by atoms with Crippen molar-refractivity contribution in [2.75, 3.05) is 18.4 Å². The summed E-state index contributed by atoms with van der Waals surface area (Å²) in [5.74, 6) is -0.136.